The van der Waals surface area contributed by atoms with Gasteiger partial charge in [-0.25, -0.2) is 0 Å². The van der Waals surface area contributed by atoms with Crippen molar-refractivity contribution >= 4 is 13.6 Å². The van der Waals surface area contributed by atoms with Crippen LogP contribution in [0.2, 0.25) is 0 Å². The molecule has 0 heterocycles. The third-order valence-corrected chi connectivity index (χ3v) is 6.60. The van der Waals surface area contributed by atoms with E-state index in [9.17, 15) is 9.36 Å². The molecule has 0 amide bonds. The Balaban J connectivity index is 2.53. The van der Waals surface area contributed by atoms with Crippen LogP contribution in [0.15, 0.2) is 42.5 Å². The van der Waals surface area contributed by atoms with Crippen molar-refractivity contribution in [2.45, 2.75) is 18.0 Å². The lowest BCUT2D eigenvalue weighted by Crippen LogP contribution is -2.25. The molecule has 0 spiro atoms. The van der Waals surface area contributed by atoms with E-state index in [0.29, 0.717) is 12.0 Å². The first-order chi connectivity index (χ1) is 10.5. The molecule has 2 rings (SSSR count). The first-order valence-corrected chi connectivity index (χ1v) is 8.61. The van der Waals surface area contributed by atoms with E-state index in [1.54, 1.807) is 0 Å². The Labute approximate surface area is 130 Å². The number of rotatable bonds is 5. The highest BCUT2D eigenvalue weighted by atomic mass is 31.2. The molecule has 0 bridgehead atoms. The van der Waals surface area contributed by atoms with E-state index < -0.39 is 19.2 Å². The number of benzene rings is 1. The summed E-state index contributed by atoms with van der Waals surface area (Å²) in [5.41, 5.74) is 1.03. The summed E-state index contributed by atoms with van der Waals surface area (Å²) in [7, 11) is 0.657. The normalized spacial score (nSPS) is 25.2. The Morgan fingerprint density at radius 1 is 1.18 bits per heavy atom. The maximum Gasteiger partial charge on any atom is 0.337 e. The summed E-state index contributed by atoms with van der Waals surface area (Å²) < 4.78 is 28.2. The SMILES string of the molecule is C=C1C[C@@H](C(=O)OC)[C@H](c2ccccc2)[C@H]1P(=O)(OC)OC. The van der Waals surface area contributed by atoms with E-state index in [-0.39, 0.29) is 11.9 Å². The minimum Gasteiger partial charge on any atom is -0.469 e. The maximum atomic E-state index is 12.9. The van der Waals surface area contributed by atoms with Crippen LogP contribution in [-0.4, -0.2) is 33.0 Å². The monoisotopic (exact) mass is 324 g/mol. The molecule has 1 fully saturated rings. The summed E-state index contributed by atoms with van der Waals surface area (Å²) in [6.07, 6.45) is 0.410. The minimum atomic E-state index is -3.40. The van der Waals surface area contributed by atoms with Crippen molar-refractivity contribution in [1.82, 2.24) is 0 Å². The van der Waals surface area contributed by atoms with Crippen LogP contribution in [0.25, 0.3) is 0 Å². The van der Waals surface area contributed by atoms with Gasteiger partial charge in [0.05, 0.1) is 18.7 Å². The summed E-state index contributed by atoms with van der Waals surface area (Å²) in [4.78, 5) is 12.2. The maximum absolute atomic E-state index is 12.9. The van der Waals surface area contributed by atoms with Gasteiger partial charge in [0.2, 0.25) is 0 Å². The molecular formula is C16H21O5P. The van der Waals surface area contributed by atoms with Gasteiger partial charge in [0.15, 0.2) is 0 Å². The summed E-state index contributed by atoms with van der Waals surface area (Å²) in [6.45, 7) is 4.00. The molecule has 0 aliphatic heterocycles. The fraction of sp³-hybridized carbons (Fsp3) is 0.438. The molecule has 6 heteroatoms. The fourth-order valence-electron chi connectivity index (χ4n) is 3.20. The van der Waals surface area contributed by atoms with E-state index in [2.05, 4.69) is 6.58 Å². The lowest BCUT2D eigenvalue weighted by Gasteiger charge is -2.28. The van der Waals surface area contributed by atoms with Crippen molar-refractivity contribution < 1.29 is 23.1 Å². The van der Waals surface area contributed by atoms with Crippen LogP contribution in [0, 0.1) is 5.92 Å². The lowest BCUT2D eigenvalue weighted by atomic mass is 9.89. The molecule has 120 valence electrons. The molecule has 0 saturated heterocycles. The molecule has 0 aromatic heterocycles. The topological polar surface area (TPSA) is 61.8 Å². The Morgan fingerprint density at radius 3 is 2.27 bits per heavy atom. The van der Waals surface area contributed by atoms with Gasteiger partial charge in [0.25, 0.3) is 0 Å². The highest BCUT2D eigenvalue weighted by molar-refractivity contribution is 7.55. The van der Waals surface area contributed by atoms with Crippen molar-refractivity contribution in [2.24, 2.45) is 5.92 Å². The van der Waals surface area contributed by atoms with Gasteiger partial charge in [-0.15, -0.1) is 0 Å². The number of esters is 1. The van der Waals surface area contributed by atoms with Gasteiger partial charge in [-0.05, 0) is 12.0 Å². The minimum absolute atomic E-state index is 0.337. The van der Waals surface area contributed by atoms with Crippen LogP contribution < -0.4 is 0 Å². The van der Waals surface area contributed by atoms with Gasteiger partial charge >= 0.3 is 13.6 Å². The number of ether oxygens (including phenoxy) is 1. The van der Waals surface area contributed by atoms with Crippen LogP contribution >= 0.6 is 7.60 Å². The standard InChI is InChI=1S/C16H21O5P/c1-11-10-13(16(17)19-2)14(12-8-6-5-7-9-12)15(11)22(18,20-3)21-4/h5-9,13-15H,1,10H2,2-4H3/t13-,14+,15+/m1/s1. The first-order valence-electron chi connectivity index (χ1n) is 7.00. The smallest absolute Gasteiger partial charge is 0.337 e. The van der Waals surface area contributed by atoms with Crippen LogP contribution in [0.5, 0.6) is 0 Å². The Morgan fingerprint density at radius 2 is 1.77 bits per heavy atom. The molecule has 5 nitrogen and oxygen atoms in total. The van der Waals surface area contributed by atoms with Crippen molar-refractivity contribution in [1.29, 1.82) is 0 Å². The molecule has 3 atom stereocenters. The molecule has 1 aromatic rings. The molecule has 22 heavy (non-hydrogen) atoms. The Bertz CT molecular complexity index is 590. The molecule has 1 saturated carbocycles. The predicted molar refractivity (Wildman–Crippen MR) is 83.9 cm³/mol. The Hall–Kier alpha value is -1.42. The fourth-order valence-corrected chi connectivity index (χ4v) is 5.13. The summed E-state index contributed by atoms with van der Waals surface area (Å²) >= 11 is 0. The van der Waals surface area contributed by atoms with E-state index in [0.717, 1.165) is 5.56 Å². The second-order valence-corrected chi connectivity index (χ2v) is 7.64. The summed E-state index contributed by atoms with van der Waals surface area (Å²) in [6, 6.07) is 9.46. The largest absolute Gasteiger partial charge is 0.469 e. The van der Waals surface area contributed by atoms with Gasteiger partial charge in [0.1, 0.15) is 0 Å². The van der Waals surface area contributed by atoms with E-state index in [1.807, 2.05) is 30.3 Å². The second-order valence-electron chi connectivity index (χ2n) is 5.28. The summed E-state index contributed by atoms with van der Waals surface area (Å²) in [5, 5.41) is 0. The van der Waals surface area contributed by atoms with Gasteiger partial charge in [-0.3, -0.25) is 9.36 Å². The van der Waals surface area contributed by atoms with Crippen molar-refractivity contribution in [2.75, 3.05) is 21.3 Å². The van der Waals surface area contributed by atoms with Crippen molar-refractivity contribution in [3.63, 3.8) is 0 Å². The molecular weight excluding hydrogens is 303 g/mol. The molecule has 0 radical (unpaired) electrons. The van der Waals surface area contributed by atoms with Crippen LogP contribution in [0.4, 0.5) is 0 Å². The zero-order valence-corrected chi connectivity index (χ0v) is 13.9. The van der Waals surface area contributed by atoms with E-state index in [4.69, 9.17) is 13.8 Å². The third kappa shape index (κ3) is 2.89. The average Bonchev–Trinajstić information content (AvgIpc) is 2.92. The predicted octanol–water partition coefficient (Wildman–Crippen LogP) is 3.37. The van der Waals surface area contributed by atoms with Crippen LogP contribution in [0.1, 0.15) is 17.9 Å². The molecule has 1 aromatic carbocycles. The third-order valence-electron chi connectivity index (χ3n) is 4.21. The first kappa shape index (κ1) is 16.9. The average molecular weight is 324 g/mol. The van der Waals surface area contributed by atoms with Crippen LogP contribution in [0.3, 0.4) is 0 Å². The zero-order valence-electron chi connectivity index (χ0n) is 13.0. The number of carbonyl (C=O) groups is 1. The second kappa shape index (κ2) is 6.78. The zero-order chi connectivity index (χ0) is 16.3. The summed E-state index contributed by atoms with van der Waals surface area (Å²) in [5.74, 6) is -1.12. The number of carbonyl (C=O) groups excluding carboxylic acids is 1. The van der Waals surface area contributed by atoms with Crippen molar-refractivity contribution in [3.8, 4) is 0 Å². The molecule has 0 N–H and O–H groups in total. The molecule has 0 unspecified atom stereocenters. The number of hydrogen-bond acceptors (Lipinski definition) is 5. The molecule has 1 aliphatic rings. The van der Waals surface area contributed by atoms with Gasteiger partial charge < -0.3 is 13.8 Å². The molecule has 1 aliphatic carbocycles. The highest BCUT2D eigenvalue weighted by Crippen LogP contribution is 2.64. The number of hydrogen-bond donors (Lipinski definition) is 0. The van der Waals surface area contributed by atoms with Gasteiger partial charge in [-0.1, -0.05) is 42.5 Å². The van der Waals surface area contributed by atoms with Gasteiger partial charge in [-0.2, -0.15) is 0 Å². The highest BCUT2D eigenvalue weighted by Gasteiger charge is 2.53. The van der Waals surface area contributed by atoms with Crippen LogP contribution in [-0.2, 0) is 23.1 Å². The Kier molecular flexibility index (Phi) is 5.22. The van der Waals surface area contributed by atoms with Gasteiger partial charge in [0, 0.05) is 20.1 Å². The number of allylic oxidation sites excluding steroid dienone is 1. The van der Waals surface area contributed by atoms with E-state index >= 15 is 0 Å². The number of methoxy groups -OCH3 is 1. The van der Waals surface area contributed by atoms with E-state index in [1.165, 1.54) is 21.3 Å². The lowest BCUT2D eigenvalue weighted by molar-refractivity contribution is -0.145. The quantitative estimate of drug-likeness (QED) is 0.472. The van der Waals surface area contributed by atoms with Crippen molar-refractivity contribution in [3.05, 3.63) is 48.0 Å².